The Morgan fingerprint density at radius 1 is 1.53 bits per heavy atom. The van der Waals surface area contributed by atoms with E-state index in [-0.39, 0.29) is 10.9 Å². The van der Waals surface area contributed by atoms with E-state index < -0.39 is 10.0 Å². The van der Waals surface area contributed by atoms with Gasteiger partial charge < -0.3 is 4.74 Å². The second kappa shape index (κ2) is 6.44. The lowest BCUT2D eigenvalue weighted by atomic mass is 10.3. The molecule has 17 heavy (non-hydrogen) atoms. The van der Waals surface area contributed by atoms with Gasteiger partial charge in [-0.1, -0.05) is 6.92 Å². The van der Waals surface area contributed by atoms with Crippen LogP contribution in [-0.4, -0.2) is 33.2 Å². The second-order valence-corrected chi connectivity index (χ2v) is 6.15. The molecule has 0 aliphatic heterocycles. The summed E-state index contributed by atoms with van der Waals surface area (Å²) in [7, 11) is -2.00. The maximum absolute atomic E-state index is 12.0. The highest BCUT2D eigenvalue weighted by molar-refractivity contribution is 9.10. The molecule has 0 saturated heterocycles. The normalized spacial score (nSPS) is 13.6. The van der Waals surface area contributed by atoms with Crippen LogP contribution >= 0.6 is 15.9 Å². The highest BCUT2D eigenvalue weighted by Gasteiger charge is 2.19. The van der Waals surface area contributed by atoms with Gasteiger partial charge in [0.2, 0.25) is 10.0 Å². The van der Waals surface area contributed by atoms with E-state index in [1.807, 2.05) is 6.92 Å². The SMILES string of the molecule is CCC(COC)NS(=O)(=O)c1cncc(Br)c1. The molecule has 1 atom stereocenters. The Labute approximate surface area is 110 Å². The minimum atomic E-state index is -3.54. The third-order valence-electron chi connectivity index (χ3n) is 2.17. The maximum atomic E-state index is 12.0. The summed E-state index contributed by atoms with van der Waals surface area (Å²) in [4.78, 5) is 3.97. The minimum absolute atomic E-state index is 0.140. The van der Waals surface area contributed by atoms with Gasteiger partial charge in [0.25, 0.3) is 0 Å². The molecule has 0 radical (unpaired) electrons. The quantitative estimate of drug-likeness (QED) is 0.862. The highest BCUT2D eigenvalue weighted by Crippen LogP contribution is 2.14. The lowest BCUT2D eigenvalue weighted by molar-refractivity contribution is 0.173. The van der Waals surface area contributed by atoms with Gasteiger partial charge in [0.15, 0.2) is 0 Å². The first-order valence-corrected chi connectivity index (χ1v) is 7.39. The zero-order valence-electron chi connectivity index (χ0n) is 9.68. The Kier molecular flexibility index (Phi) is 5.51. The molecule has 0 bridgehead atoms. The topological polar surface area (TPSA) is 68.3 Å². The predicted molar refractivity (Wildman–Crippen MR) is 68.2 cm³/mol. The molecule has 0 fully saturated rings. The Bertz CT molecular complexity index is 464. The van der Waals surface area contributed by atoms with Crippen molar-refractivity contribution >= 4 is 26.0 Å². The smallest absolute Gasteiger partial charge is 0.242 e. The van der Waals surface area contributed by atoms with Crippen LogP contribution in [0.2, 0.25) is 0 Å². The molecule has 1 unspecified atom stereocenters. The Balaban J connectivity index is 2.88. The standard InChI is InChI=1S/C10H15BrN2O3S/c1-3-9(7-16-2)13-17(14,15)10-4-8(11)5-12-6-10/h4-6,9,13H,3,7H2,1-2H3. The monoisotopic (exact) mass is 322 g/mol. The first kappa shape index (κ1) is 14.6. The molecular formula is C10H15BrN2O3S. The number of hydrogen-bond acceptors (Lipinski definition) is 4. The fourth-order valence-corrected chi connectivity index (χ4v) is 3.07. The number of nitrogens with one attached hydrogen (secondary N) is 1. The second-order valence-electron chi connectivity index (χ2n) is 3.52. The van der Waals surface area contributed by atoms with E-state index in [4.69, 9.17) is 4.74 Å². The van der Waals surface area contributed by atoms with Crippen LogP contribution in [0.4, 0.5) is 0 Å². The molecule has 0 aromatic carbocycles. The summed E-state index contributed by atoms with van der Waals surface area (Å²) in [5.74, 6) is 0. The van der Waals surface area contributed by atoms with E-state index in [1.165, 1.54) is 25.6 Å². The van der Waals surface area contributed by atoms with Gasteiger partial charge in [-0.3, -0.25) is 4.98 Å². The Morgan fingerprint density at radius 3 is 2.76 bits per heavy atom. The van der Waals surface area contributed by atoms with Crippen molar-refractivity contribution in [3.05, 3.63) is 22.9 Å². The zero-order valence-corrected chi connectivity index (χ0v) is 12.1. The van der Waals surface area contributed by atoms with Crippen molar-refractivity contribution in [1.29, 1.82) is 0 Å². The fourth-order valence-electron chi connectivity index (χ4n) is 1.26. The fraction of sp³-hybridized carbons (Fsp3) is 0.500. The molecule has 1 heterocycles. The van der Waals surface area contributed by atoms with Crippen molar-refractivity contribution in [2.45, 2.75) is 24.3 Å². The molecule has 0 aliphatic rings. The van der Waals surface area contributed by atoms with E-state index in [1.54, 1.807) is 0 Å². The van der Waals surface area contributed by atoms with Gasteiger partial charge in [-0.05, 0) is 28.4 Å². The van der Waals surface area contributed by atoms with Gasteiger partial charge in [0.1, 0.15) is 4.90 Å². The van der Waals surface area contributed by atoms with Crippen LogP contribution in [0.25, 0.3) is 0 Å². The number of halogens is 1. The van der Waals surface area contributed by atoms with Crippen LogP contribution in [0.15, 0.2) is 27.8 Å². The minimum Gasteiger partial charge on any atom is -0.383 e. The van der Waals surface area contributed by atoms with E-state index in [0.717, 1.165) is 0 Å². The third kappa shape index (κ3) is 4.34. The van der Waals surface area contributed by atoms with Gasteiger partial charge in [-0.2, -0.15) is 0 Å². The molecule has 0 spiro atoms. The van der Waals surface area contributed by atoms with Crippen molar-refractivity contribution < 1.29 is 13.2 Å². The number of rotatable bonds is 6. The average molecular weight is 323 g/mol. The van der Waals surface area contributed by atoms with Crippen molar-refractivity contribution in [3.8, 4) is 0 Å². The molecule has 1 N–H and O–H groups in total. The molecule has 0 amide bonds. The first-order chi connectivity index (χ1) is 7.99. The largest absolute Gasteiger partial charge is 0.383 e. The number of ether oxygens (including phenoxy) is 1. The summed E-state index contributed by atoms with van der Waals surface area (Å²) in [6, 6.07) is 1.28. The molecule has 0 aliphatic carbocycles. The van der Waals surface area contributed by atoms with Crippen molar-refractivity contribution in [2.75, 3.05) is 13.7 Å². The molecule has 5 nitrogen and oxygen atoms in total. The van der Waals surface area contributed by atoms with E-state index in [0.29, 0.717) is 17.5 Å². The van der Waals surface area contributed by atoms with Crippen LogP contribution in [0.5, 0.6) is 0 Å². The lowest BCUT2D eigenvalue weighted by Gasteiger charge is -2.15. The summed E-state index contributed by atoms with van der Waals surface area (Å²) in [5, 5.41) is 0. The Morgan fingerprint density at radius 2 is 2.24 bits per heavy atom. The number of pyridine rings is 1. The molecule has 96 valence electrons. The number of hydrogen-bond donors (Lipinski definition) is 1. The Hall–Kier alpha value is -0.500. The molecule has 7 heteroatoms. The van der Waals surface area contributed by atoms with Gasteiger partial charge in [-0.15, -0.1) is 0 Å². The van der Waals surface area contributed by atoms with Crippen molar-refractivity contribution in [1.82, 2.24) is 9.71 Å². The van der Waals surface area contributed by atoms with Crippen LogP contribution < -0.4 is 4.72 Å². The zero-order chi connectivity index (χ0) is 12.9. The number of sulfonamides is 1. The molecule has 0 saturated carbocycles. The van der Waals surface area contributed by atoms with Crippen LogP contribution in [-0.2, 0) is 14.8 Å². The van der Waals surface area contributed by atoms with Crippen LogP contribution in [0.3, 0.4) is 0 Å². The summed E-state index contributed by atoms with van der Waals surface area (Å²) < 4.78 is 32.1. The average Bonchev–Trinajstić information content (AvgIpc) is 2.28. The van der Waals surface area contributed by atoms with Crippen molar-refractivity contribution in [3.63, 3.8) is 0 Å². The number of aromatic nitrogens is 1. The van der Waals surface area contributed by atoms with Gasteiger partial charge in [0.05, 0.1) is 6.61 Å². The van der Waals surface area contributed by atoms with Crippen molar-refractivity contribution in [2.24, 2.45) is 0 Å². The summed E-state index contributed by atoms with van der Waals surface area (Å²) in [6.07, 6.45) is 3.51. The predicted octanol–water partition coefficient (Wildman–Crippen LogP) is 1.55. The first-order valence-electron chi connectivity index (χ1n) is 5.11. The maximum Gasteiger partial charge on any atom is 0.242 e. The van der Waals surface area contributed by atoms with E-state index >= 15 is 0 Å². The molecule has 1 rings (SSSR count). The third-order valence-corrected chi connectivity index (χ3v) is 4.09. The summed E-state index contributed by atoms with van der Waals surface area (Å²) in [6.45, 7) is 2.24. The van der Waals surface area contributed by atoms with Gasteiger partial charge in [-0.25, -0.2) is 13.1 Å². The van der Waals surface area contributed by atoms with Gasteiger partial charge >= 0.3 is 0 Å². The van der Waals surface area contributed by atoms with Gasteiger partial charge in [0, 0.05) is 30.0 Å². The molecular weight excluding hydrogens is 308 g/mol. The van der Waals surface area contributed by atoms with Crippen LogP contribution in [0, 0.1) is 0 Å². The van der Waals surface area contributed by atoms with E-state index in [9.17, 15) is 8.42 Å². The van der Waals surface area contributed by atoms with E-state index in [2.05, 4.69) is 25.6 Å². The van der Waals surface area contributed by atoms with Crippen LogP contribution in [0.1, 0.15) is 13.3 Å². The lowest BCUT2D eigenvalue weighted by Crippen LogP contribution is -2.37. The number of methoxy groups -OCH3 is 1. The number of nitrogens with zero attached hydrogens (tertiary/aromatic N) is 1. The molecule has 1 aromatic heterocycles. The summed E-state index contributed by atoms with van der Waals surface area (Å²) >= 11 is 3.19. The highest BCUT2D eigenvalue weighted by atomic mass is 79.9. The molecule has 1 aromatic rings. The summed E-state index contributed by atoms with van der Waals surface area (Å²) in [5.41, 5.74) is 0.